The Morgan fingerprint density at radius 2 is 1.62 bits per heavy atom. The molecule has 0 amide bonds. The Kier molecular flexibility index (Phi) is 6.68. The van der Waals surface area contributed by atoms with Gasteiger partial charge in [-0.2, -0.15) is 0 Å². The Bertz CT molecular complexity index is 393. The fourth-order valence-electron chi connectivity index (χ4n) is 2.91. The van der Waals surface area contributed by atoms with Crippen molar-refractivity contribution in [1.29, 1.82) is 0 Å². The van der Waals surface area contributed by atoms with Gasteiger partial charge in [-0.05, 0) is 31.0 Å². The Labute approximate surface area is 130 Å². The van der Waals surface area contributed by atoms with Crippen LogP contribution in [0.4, 0.5) is 0 Å². The average Bonchev–Trinajstić information content (AvgIpc) is 2.54. The van der Waals surface area contributed by atoms with Gasteiger partial charge < -0.3 is 5.32 Å². The first-order valence-corrected chi connectivity index (χ1v) is 8.47. The summed E-state index contributed by atoms with van der Waals surface area (Å²) in [6.45, 7) is 14.7. The van der Waals surface area contributed by atoms with Crippen LogP contribution >= 0.6 is 0 Å². The predicted molar refractivity (Wildman–Crippen MR) is 90.4 cm³/mol. The number of piperazine rings is 1. The van der Waals surface area contributed by atoms with E-state index in [2.05, 4.69) is 60.2 Å². The van der Waals surface area contributed by atoms with Crippen LogP contribution in [0.1, 0.15) is 38.3 Å². The number of nitrogens with one attached hydrogen (secondary N) is 1. The predicted octanol–water partition coefficient (Wildman–Crippen LogP) is 2.71. The van der Waals surface area contributed by atoms with Gasteiger partial charge in [-0.25, -0.2) is 0 Å². The lowest BCUT2D eigenvalue weighted by Crippen LogP contribution is -2.48. The maximum absolute atomic E-state index is 3.37. The molecule has 0 spiro atoms. The van der Waals surface area contributed by atoms with Crippen molar-refractivity contribution in [3.8, 4) is 0 Å². The lowest BCUT2D eigenvalue weighted by molar-refractivity contribution is 0.0964. The van der Waals surface area contributed by atoms with Gasteiger partial charge in [-0.3, -0.25) is 9.80 Å². The second-order valence-electron chi connectivity index (χ2n) is 6.17. The largest absolute Gasteiger partial charge is 0.313 e. The lowest BCUT2D eigenvalue weighted by Gasteiger charge is -2.37. The zero-order chi connectivity index (χ0) is 15.1. The van der Waals surface area contributed by atoms with Crippen molar-refractivity contribution in [1.82, 2.24) is 15.1 Å². The summed E-state index contributed by atoms with van der Waals surface area (Å²) < 4.78 is 0. The molecule has 0 bridgehead atoms. The molecule has 21 heavy (non-hydrogen) atoms. The first kappa shape index (κ1) is 16.5. The third-order valence-electron chi connectivity index (χ3n) is 4.63. The topological polar surface area (TPSA) is 18.5 Å². The summed E-state index contributed by atoms with van der Waals surface area (Å²) in [6, 6.07) is 9.82. The van der Waals surface area contributed by atoms with Crippen molar-refractivity contribution >= 4 is 0 Å². The van der Waals surface area contributed by atoms with Crippen LogP contribution in [0.2, 0.25) is 0 Å². The van der Waals surface area contributed by atoms with E-state index >= 15 is 0 Å². The van der Waals surface area contributed by atoms with Crippen molar-refractivity contribution < 1.29 is 0 Å². The van der Waals surface area contributed by atoms with E-state index in [1.54, 1.807) is 0 Å². The molecule has 118 valence electrons. The zero-order valence-corrected chi connectivity index (χ0v) is 13.9. The van der Waals surface area contributed by atoms with Gasteiger partial charge in [0.1, 0.15) is 0 Å². The van der Waals surface area contributed by atoms with Crippen LogP contribution in [-0.2, 0) is 13.1 Å². The first-order valence-electron chi connectivity index (χ1n) is 8.47. The number of nitrogens with zero attached hydrogens (tertiary/aromatic N) is 2. The molecule has 0 radical (unpaired) electrons. The summed E-state index contributed by atoms with van der Waals surface area (Å²) >= 11 is 0. The van der Waals surface area contributed by atoms with Gasteiger partial charge in [0.15, 0.2) is 0 Å². The van der Waals surface area contributed by atoms with E-state index < -0.39 is 0 Å². The molecule has 1 fully saturated rings. The zero-order valence-electron chi connectivity index (χ0n) is 13.9. The fraction of sp³-hybridized carbons (Fsp3) is 0.667. The van der Waals surface area contributed by atoms with Crippen LogP contribution in [0.25, 0.3) is 0 Å². The molecule has 0 saturated carbocycles. The molecular formula is C18H31N3. The summed E-state index contributed by atoms with van der Waals surface area (Å²) in [6.07, 6.45) is 1.26. The van der Waals surface area contributed by atoms with Crippen LogP contribution < -0.4 is 5.32 Å². The molecule has 1 aromatic carbocycles. The Balaban J connectivity index is 1.78. The van der Waals surface area contributed by atoms with E-state index in [0.717, 1.165) is 25.7 Å². The van der Waals surface area contributed by atoms with E-state index in [0.29, 0.717) is 0 Å². The SMILES string of the molecule is CCNCc1ccc(CN2CCN(C(C)CC)CC2)cc1. The summed E-state index contributed by atoms with van der Waals surface area (Å²) in [7, 11) is 0. The standard InChI is InChI=1S/C18H31N3/c1-4-16(3)21-12-10-20(11-13-21)15-18-8-6-17(7-9-18)14-19-5-2/h6-9,16,19H,4-5,10-15H2,1-3H3. The summed E-state index contributed by atoms with van der Waals surface area (Å²) in [4.78, 5) is 5.20. The monoisotopic (exact) mass is 289 g/mol. The van der Waals surface area contributed by atoms with E-state index in [4.69, 9.17) is 0 Å². The maximum atomic E-state index is 3.37. The fourth-order valence-corrected chi connectivity index (χ4v) is 2.91. The summed E-state index contributed by atoms with van der Waals surface area (Å²) in [5.41, 5.74) is 2.81. The van der Waals surface area contributed by atoms with Gasteiger partial charge in [0, 0.05) is 45.3 Å². The van der Waals surface area contributed by atoms with Crippen LogP contribution in [0, 0.1) is 0 Å². The molecule has 1 aromatic rings. The first-order chi connectivity index (χ1) is 10.2. The third kappa shape index (κ3) is 5.10. The molecule has 2 rings (SSSR count). The molecule has 1 saturated heterocycles. The van der Waals surface area contributed by atoms with E-state index in [9.17, 15) is 0 Å². The van der Waals surface area contributed by atoms with Gasteiger partial charge in [0.2, 0.25) is 0 Å². The van der Waals surface area contributed by atoms with Gasteiger partial charge in [-0.1, -0.05) is 38.1 Å². The molecule has 1 N–H and O–H groups in total. The van der Waals surface area contributed by atoms with Crippen LogP contribution in [0.3, 0.4) is 0 Å². The molecule has 1 heterocycles. The Morgan fingerprint density at radius 1 is 1.00 bits per heavy atom. The number of hydrogen-bond acceptors (Lipinski definition) is 3. The number of benzene rings is 1. The normalized spacial score (nSPS) is 18.8. The smallest absolute Gasteiger partial charge is 0.0234 e. The quantitative estimate of drug-likeness (QED) is 0.832. The highest BCUT2D eigenvalue weighted by molar-refractivity contribution is 5.22. The van der Waals surface area contributed by atoms with Gasteiger partial charge in [0.25, 0.3) is 0 Å². The molecule has 1 unspecified atom stereocenters. The molecule has 1 aliphatic heterocycles. The van der Waals surface area contributed by atoms with E-state index in [1.807, 2.05) is 0 Å². The van der Waals surface area contributed by atoms with Crippen molar-refractivity contribution in [3.05, 3.63) is 35.4 Å². The highest BCUT2D eigenvalue weighted by atomic mass is 15.3. The minimum Gasteiger partial charge on any atom is -0.313 e. The summed E-state index contributed by atoms with van der Waals surface area (Å²) in [5.74, 6) is 0. The van der Waals surface area contributed by atoms with Crippen molar-refractivity contribution in [2.45, 2.75) is 46.3 Å². The molecule has 1 aliphatic rings. The second kappa shape index (κ2) is 8.52. The van der Waals surface area contributed by atoms with Crippen LogP contribution in [0.15, 0.2) is 24.3 Å². The van der Waals surface area contributed by atoms with Crippen LogP contribution in [0.5, 0.6) is 0 Å². The molecular weight excluding hydrogens is 258 g/mol. The molecule has 0 aliphatic carbocycles. The Hall–Kier alpha value is -0.900. The molecule has 1 atom stereocenters. The van der Waals surface area contributed by atoms with E-state index in [-0.39, 0.29) is 0 Å². The summed E-state index contributed by atoms with van der Waals surface area (Å²) in [5, 5.41) is 3.37. The molecule has 3 heteroatoms. The minimum absolute atomic E-state index is 0.734. The van der Waals surface area contributed by atoms with Gasteiger partial charge >= 0.3 is 0 Å². The van der Waals surface area contributed by atoms with E-state index in [1.165, 1.54) is 43.7 Å². The minimum atomic E-state index is 0.734. The van der Waals surface area contributed by atoms with Crippen molar-refractivity contribution in [2.75, 3.05) is 32.7 Å². The van der Waals surface area contributed by atoms with Gasteiger partial charge in [0.05, 0.1) is 0 Å². The van der Waals surface area contributed by atoms with Crippen molar-refractivity contribution in [3.63, 3.8) is 0 Å². The highest BCUT2D eigenvalue weighted by Crippen LogP contribution is 2.12. The number of hydrogen-bond donors (Lipinski definition) is 1. The van der Waals surface area contributed by atoms with Crippen LogP contribution in [-0.4, -0.2) is 48.6 Å². The highest BCUT2D eigenvalue weighted by Gasteiger charge is 2.19. The second-order valence-corrected chi connectivity index (χ2v) is 6.17. The Morgan fingerprint density at radius 3 is 2.19 bits per heavy atom. The molecule has 0 aromatic heterocycles. The lowest BCUT2D eigenvalue weighted by atomic mass is 10.1. The third-order valence-corrected chi connectivity index (χ3v) is 4.63. The van der Waals surface area contributed by atoms with Gasteiger partial charge in [-0.15, -0.1) is 0 Å². The van der Waals surface area contributed by atoms with Crippen molar-refractivity contribution in [2.24, 2.45) is 0 Å². The maximum Gasteiger partial charge on any atom is 0.0234 e. The number of rotatable bonds is 7. The average molecular weight is 289 g/mol. The molecule has 3 nitrogen and oxygen atoms in total.